The molecule has 0 aliphatic rings. The van der Waals surface area contributed by atoms with Crippen molar-refractivity contribution in [3.63, 3.8) is 0 Å². The van der Waals surface area contributed by atoms with Crippen LogP contribution in [0, 0.1) is 0 Å². The number of carbonyl (C=O) groups excluding carboxylic acids is 13. The van der Waals surface area contributed by atoms with E-state index in [1.54, 1.807) is 60.7 Å². The highest BCUT2D eigenvalue weighted by molar-refractivity contribution is 6.00. The molecule has 2 aromatic carbocycles. The van der Waals surface area contributed by atoms with E-state index in [0.29, 0.717) is 37.8 Å². The number of aliphatic hydroxyl groups is 1. The number of carboxylic acids is 1. The monoisotopic (exact) mass is 1480 g/mol. The van der Waals surface area contributed by atoms with Crippen molar-refractivity contribution < 1.29 is 77.3 Å². The zero-order valence-corrected chi connectivity index (χ0v) is 59.7. The molecule has 0 heterocycles. The third-order valence-electron chi connectivity index (χ3n) is 15.9. The van der Waals surface area contributed by atoms with Crippen LogP contribution in [0.15, 0.2) is 70.6 Å². The number of guanidine groups is 2. The van der Waals surface area contributed by atoms with Crippen LogP contribution in [-0.2, 0) is 80.0 Å². The second-order valence-corrected chi connectivity index (χ2v) is 24.9. The summed E-state index contributed by atoms with van der Waals surface area (Å²) >= 11 is 0. The first-order valence-electron chi connectivity index (χ1n) is 34.6. The van der Waals surface area contributed by atoms with Crippen LogP contribution in [0.3, 0.4) is 0 Å². The minimum absolute atomic E-state index is 0.0240. The second-order valence-electron chi connectivity index (χ2n) is 24.9. The molecule has 0 saturated carbocycles. The van der Waals surface area contributed by atoms with E-state index in [9.17, 15) is 77.3 Å². The van der Waals surface area contributed by atoms with Crippen molar-refractivity contribution in [3.05, 3.63) is 71.8 Å². The molecule has 0 unspecified atom stereocenters. The molecule has 0 fully saturated rings. The van der Waals surface area contributed by atoms with Gasteiger partial charge in [0.05, 0.1) is 31.7 Å². The molecule has 0 aliphatic carbocycles. The molecule has 584 valence electrons. The first kappa shape index (κ1) is 90.4. The summed E-state index contributed by atoms with van der Waals surface area (Å²) in [5, 5.41) is 50.2. The van der Waals surface area contributed by atoms with E-state index in [1.165, 1.54) is 6.92 Å². The smallest absolute Gasteiger partial charge is 0.305 e. The van der Waals surface area contributed by atoms with Gasteiger partial charge in [-0.05, 0) is 141 Å². The lowest BCUT2D eigenvalue weighted by Gasteiger charge is -2.28. The summed E-state index contributed by atoms with van der Waals surface area (Å²) in [5.41, 5.74) is 52.0. The van der Waals surface area contributed by atoms with Gasteiger partial charge < -0.3 is 126 Å². The SMILES string of the molecule is C[C@H](NC(=O)[C@H](CCCCN)NC(=O)[C@H](CCCCN)NC(=O)[C@H](CCCN=C(N)N)NC(=O)[C@H](C)NC(=O)[C@H](CC(=O)O)NC(=O)[C@@H](NC(=O)[C@H](Cc1ccccc1)NC(=O)CNC(=O)CNC(=O)[C@@H](N)Cc1ccccc1)[C@@H](C)O)C(=O)N[C@@H](CCCN=C(N)N)C(=O)N[C@@H](CCCCN)C(N)=O. The number of carboxylic acid groups (broad SMARTS) is 1. The molecule has 13 amide bonds. The number of nitrogens with zero attached hydrogens (tertiary/aromatic N) is 2. The molecule has 0 radical (unpaired) electrons. The number of aliphatic hydroxyl groups excluding tert-OH is 1. The van der Waals surface area contributed by atoms with Gasteiger partial charge in [-0.3, -0.25) is 77.1 Å². The van der Waals surface area contributed by atoms with E-state index >= 15 is 0 Å². The summed E-state index contributed by atoms with van der Waals surface area (Å²) in [4.78, 5) is 197. The molecule has 39 heteroatoms. The van der Waals surface area contributed by atoms with Gasteiger partial charge in [-0.2, -0.15) is 0 Å². The Hall–Kier alpha value is -10.6. The molecule has 0 spiro atoms. The van der Waals surface area contributed by atoms with Crippen molar-refractivity contribution in [3.8, 4) is 0 Å². The van der Waals surface area contributed by atoms with Gasteiger partial charge in [-0.15, -0.1) is 0 Å². The molecule has 0 aliphatic heterocycles. The van der Waals surface area contributed by atoms with Gasteiger partial charge in [0, 0.05) is 19.5 Å². The minimum atomic E-state index is -2.01. The lowest BCUT2D eigenvalue weighted by Crippen LogP contribution is -2.61. The van der Waals surface area contributed by atoms with Gasteiger partial charge in [0.2, 0.25) is 76.8 Å². The fourth-order valence-electron chi connectivity index (χ4n) is 10.1. The standard InChI is InChI=1S/C66H109N23O16/c1-37(55(96)84-46(25-16-30-76-65(72)73)59(100)83-43(54(71)95)22-10-13-27-67)80-58(99)44(23-11-14-28-68)86-60(101)45(24-12-15-29-69)87-61(102)47(26-17-31-77-66(74)75)85-56(97)38(2)81-62(103)49(34-52(93)94)88-64(105)53(39(3)90)89-63(104)48(33-41-20-8-5-9-21-41)82-51(92)36-78-50(91)35-79-57(98)42(70)32-40-18-6-4-7-19-40/h4-9,18-21,37-39,42-49,53,90H,10-17,22-36,67-70H2,1-3H3,(H2,71,95)(H,78,91)(H,79,98)(H,80,99)(H,81,103)(H,82,92)(H,83,100)(H,84,96)(H,85,97)(H,86,101)(H,87,102)(H,88,105)(H,89,104)(H,93,94)(H4,72,73,76)(H4,74,75,77)/t37-,38-,39+,42-,43-,44-,45-,46-,47-,48-,49-,53-/m0/s1. The molecule has 39 nitrogen and oxygen atoms in total. The number of benzene rings is 2. The number of unbranched alkanes of at least 4 members (excludes halogenated alkanes) is 3. The normalized spacial score (nSPS) is 14.3. The fraction of sp³-hybridized carbons (Fsp3) is 0.576. The topological polar surface area (TPSA) is 683 Å². The number of aliphatic carboxylic acids is 1. The maximum atomic E-state index is 14.4. The maximum absolute atomic E-state index is 14.4. The molecule has 2 aromatic rings. The Labute approximate surface area is 608 Å². The van der Waals surface area contributed by atoms with Crippen LogP contribution >= 0.6 is 0 Å². The van der Waals surface area contributed by atoms with Crippen molar-refractivity contribution in [2.45, 2.75) is 196 Å². The van der Waals surface area contributed by atoms with Crippen LogP contribution in [0.1, 0.15) is 122 Å². The number of hydrogen-bond donors (Lipinski definition) is 23. The first-order valence-corrected chi connectivity index (χ1v) is 34.6. The summed E-state index contributed by atoms with van der Waals surface area (Å²) in [6, 6.07) is 1.04. The minimum Gasteiger partial charge on any atom is -0.481 e. The van der Waals surface area contributed by atoms with Crippen LogP contribution in [0.2, 0.25) is 0 Å². The van der Waals surface area contributed by atoms with Crippen LogP contribution in [0.25, 0.3) is 0 Å². The Kier molecular flexibility index (Phi) is 43.0. The molecule has 105 heavy (non-hydrogen) atoms. The molecular formula is C66H109N23O16. The van der Waals surface area contributed by atoms with Crippen molar-refractivity contribution in [2.24, 2.45) is 61.6 Å². The van der Waals surface area contributed by atoms with Crippen LogP contribution in [0.4, 0.5) is 0 Å². The van der Waals surface area contributed by atoms with E-state index in [4.69, 9.17) is 51.6 Å². The number of primary amides is 1. The second kappa shape index (κ2) is 49.9. The van der Waals surface area contributed by atoms with Crippen molar-refractivity contribution in [1.82, 2.24) is 63.8 Å². The average molecular weight is 1480 g/mol. The number of nitrogens with one attached hydrogen (secondary N) is 12. The van der Waals surface area contributed by atoms with Gasteiger partial charge in [0.15, 0.2) is 11.9 Å². The number of hydrogen-bond acceptors (Lipinski definition) is 21. The maximum Gasteiger partial charge on any atom is 0.305 e. The van der Waals surface area contributed by atoms with Gasteiger partial charge in [0.25, 0.3) is 0 Å². The Morgan fingerprint density at radius 2 is 0.752 bits per heavy atom. The van der Waals surface area contributed by atoms with Gasteiger partial charge in [-0.1, -0.05) is 60.7 Å². The summed E-state index contributed by atoms with van der Waals surface area (Å²) in [5.74, 6) is -14.3. The molecular weight excluding hydrogens is 1370 g/mol. The lowest BCUT2D eigenvalue weighted by molar-refractivity contribution is -0.142. The zero-order valence-electron chi connectivity index (χ0n) is 59.7. The Morgan fingerprint density at radius 1 is 0.390 bits per heavy atom. The van der Waals surface area contributed by atoms with Crippen LogP contribution < -0.4 is 115 Å². The van der Waals surface area contributed by atoms with Crippen LogP contribution in [-0.4, -0.2) is 223 Å². The van der Waals surface area contributed by atoms with Crippen molar-refractivity contribution in [1.29, 1.82) is 0 Å². The highest BCUT2D eigenvalue weighted by atomic mass is 16.4. The highest BCUT2D eigenvalue weighted by Gasteiger charge is 2.37. The van der Waals surface area contributed by atoms with E-state index in [2.05, 4.69) is 73.8 Å². The predicted octanol–water partition coefficient (Wildman–Crippen LogP) is -8.25. The summed E-state index contributed by atoms with van der Waals surface area (Å²) in [6.07, 6.45) is -0.533. The summed E-state index contributed by atoms with van der Waals surface area (Å²) < 4.78 is 0. The van der Waals surface area contributed by atoms with Gasteiger partial charge in [0.1, 0.15) is 60.4 Å². The van der Waals surface area contributed by atoms with Gasteiger partial charge >= 0.3 is 5.97 Å². The Morgan fingerprint density at radius 3 is 1.16 bits per heavy atom. The number of aliphatic imine (C=N–C) groups is 2. The van der Waals surface area contributed by atoms with Crippen molar-refractivity contribution in [2.75, 3.05) is 45.8 Å². The molecule has 2 rings (SSSR count). The quantitative estimate of drug-likeness (QED) is 0.0166. The average Bonchev–Trinajstić information content (AvgIpc) is 0.903. The Bertz CT molecular complexity index is 3220. The molecule has 32 N–H and O–H groups in total. The molecule has 12 atom stereocenters. The molecule has 0 bridgehead atoms. The number of nitrogens with two attached hydrogens (primary N) is 9. The number of carbonyl (C=O) groups is 14. The third kappa shape index (κ3) is 37.4. The largest absolute Gasteiger partial charge is 0.481 e. The van der Waals surface area contributed by atoms with E-state index < -0.39 is 175 Å². The number of amides is 13. The van der Waals surface area contributed by atoms with E-state index in [-0.39, 0.29) is 109 Å². The fourth-order valence-corrected chi connectivity index (χ4v) is 10.1. The third-order valence-corrected chi connectivity index (χ3v) is 15.9. The highest BCUT2D eigenvalue weighted by Crippen LogP contribution is 2.12. The molecule has 0 aromatic heterocycles. The lowest BCUT2D eigenvalue weighted by atomic mass is 10.0. The van der Waals surface area contributed by atoms with E-state index in [1.807, 2.05) is 0 Å². The summed E-state index contributed by atoms with van der Waals surface area (Å²) in [7, 11) is 0. The zero-order chi connectivity index (χ0) is 78.6. The Balaban J connectivity index is 2.35. The van der Waals surface area contributed by atoms with Crippen molar-refractivity contribution >= 4 is 94.7 Å². The number of rotatable bonds is 52. The predicted molar refractivity (Wildman–Crippen MR) is 387 cm³/mol. The van der Waals surface area contributed by atoms with Crippen LogP contribution in [0.5, 0.6) is 0 Å². The first-order chi connectivity index (χ1) is 49.8. The summed E-state index contributed by atoms with van der Waals surface area (Å²) in [6.45, 7) is 3.03. The van der Waals surface area contributed by atoms with Gasteiger partial charge in [-0.25, -0.2) is 0 Å². The van der Waals surface area contributed by atoms with E-state index in [0.717, 1.165) is 19.4 Å². The molecule has 0 saturated heterocycles.